The number of hydrogen-bond donors (Lipinski definition) is 0. The van der Waals surface area contributed by atoms with Crippen LogP contribution in [0.4, 0.5) is 0 Å². The number of Topliss-reactive ketones (excluding diaryl/α,β-unsaturated/α-hetero) is 2. The lowest BCUT2D eigenvalue weighted by Crippen LogP contribution is -2.70. The van der Waals surface area contributed by atoms with Gasteiger partial charge in [-0.1, -0.05) is 11.6 Å². The molecule has 0 aromatic carbocycles. The van der Waals surface area contributed by atoms with Crippen LogP contribution in [0.1, 0.15) is 27.7 Å². The fourth-order valence-electron chi connectivity index (χ4n) is 2.00. The van der Waals surface area contributed by atoms with Gasteiger partial charge in [0.05, 0.1) is 12.5 Å². The van der Waals surface area contributed by atoms with Crippen LogP contribution in [0.3, 0.4) is 0 Å². The zero-order valence-corrected chi connectivity index (χ0v) is 11.1. The van der Waals surface area contributed by atoms with Crippen LogP contribution in [0.15, 0.2) is 11.6 Å². The molecule has 0 radical (unpaired) electrons. The molecule has 2 atom stereocenters. The molecule has 0 N–H and O–H groups in total. The minimum Gasteiger partial charge on any atom is -0.463 e. The molecule has 5 heteroatoms. The number of ketones is 2. The fourth-order valence-corrected chi connectivity index (χ4v) is 2.00. The minimum atomic E-state index is -1.76. The van der Waals surface area contributed by atoms with Crippen molar-refractivity contribution in [1.82, 2.24) is 0 Å². The first kappa shape index (κ1) is 14.6. The van der Waals surface area contributed by atoms with Gasteiger partial charge >= 0.3 is 5.97 Å². The van der Waals surface area contributed by atoms with E-state index in [4.69, 9.17) is 9.47 Å². The minimum absolute atomic E-state index is 0.136. The monoisotopic (exact) mass is 254 g/mol. The maximum atomic E-state index is 11.9. The molecule has 1 rings (SSSR count). The average Bonchev–Trinajstić information content (AvgIpc) is 2.32. The largest absolute Gasteiger partial charge is 0.463 e. The van der Waals surface area contributed by atoms with Gasteiger partial charge in [-0.3, -0.25) is 9.59 Å². The van der Waals surface area contributed by atoms with Crippen LogP contribution in [-0.4, -0.2) is 36.4 Å². The molecule has 1 aliphatic carbocycles. The van der Waals surface area contributed by atoms with Gasteiger partial charge in [-0.2, -0.15) is 0 Å². The number of esters is 1. The third-order valence-electron chi connectivity index (χ3n) is 2.73. The summed E-state index contributed by atoms with van der Waals surface area (Å²) in [4.78, 5) is 35.3. The van der Waals surface area contributed by atoms with E-state index in [2.05, 4.69) is 0 Å². The Bertz CT molecular complexity index is 406. The van der Waals surface area contributed by atoms with Crippen LogP contribution < -0.4 is 0 Å². The maximum Gasteiger partial charge on any atom is 0.347 e. The molecule has 0 spiro atoms. The van der Waals surface area contributed by atoms with Crippen molar-refractivity contribution in [2.45, 2.75) is 33.3 Å². The number of carbonyl (C=O) groups is 3. The van der Waals surface area contributed by atoms with Gasteiger partial charge in [-0.25, -0.2) is 4.79 Å². The van der Waals surface area contributed by atoms with E-state index in [1.54, 1.807) is 33.8 Å². The Balaban J connectivity index is 3.15. The van der Waals surface area contributed by atoms with Crippen molar-refractivity contribution >= 4 is 17.5 Å². The average molecular weight is 254 g/mol. The van der Waals surface area contributed by atoms with E-state index in [-0.39, 0.29) is 13.2 Å². The van der Waals surface area contributed by atoms with Crippen LogP contribution in [0.25, 0.3) is 0 Å². The van der Waals surface area contributed by atoms with E-state index in [0.29, 0.717) is 0 Å². The number of ether oxygens (including phenoxy) is 2. The molecule has 0 saturated heterocycles. The number of allylic oxidation sites excluding steroid dienone is 1. The molecule has 0 bridgehead atoms. The van der Waals surface area contributed by atoms with Crippen LogP contribution in [0.2, 0.25) is 0 Å². The Hall–Kier alpha value is -1.49. The van der Waals surface area contributed by atoms with Gasteiger partial charge in [0, 0.05) is 6.61 Å². The lowest BCUT2D eigenvalue weighted by atomic mass is 9.66. The zero-order valence-electron chi connectivity index (χ0n) is 11.1. The van der Waals surface area contributed by atoms with Gasteiger partial charge in [0.25, 0.3) is 0 Å². The number of hydrogen-bond acceptors (Lipinski definition) is 5. The molecule has 100 valence electrons. The van der Waals surface area contributed by atoms with Crippen molar-refractivity contribution in [2.24, 2.45) is 5.92 Å². The second-order valence-corrected chi connectivity index (χ2v) is 4.30. The highest BCUT2D eigenvalue weighted by Crippen LogP contribution is 2.38. The molecular weight excluding hydrogens is 236 g/mol. The Kier molecular flexibility index (Phi) is 4.40. The van der Waals surface area contributed by atoms with E-state index in [1.807, 2.05) is 0 Å². The summed E-state index contributed by atoms with van der Waals surface area (Å²) in [5, 5.41) is 0. The predicted octanol–water partition coefficient (Wildman–Crippen LogP) is 1.06. The lowest BCUT2D eigenvalue weighted by Gasteiger charge is -2.41. The molecule has 5 nitrogen and oxygen atoms in total. The van der Waals surface area contributed by atoms with Gasteiger partial charge in [-0.15, -0.1) is 0 Å². The smallest absolute Gasteiger partial charge is 0.347 e. The first-order valence-corrected chi connectivity index (χ1v) is 5.96. The Morgan fingerprint density at radius 1 is 1.28 bits per heavy atom. The normalized spacial score (nSPS) is 26.6. The summed E-state index contributed by atoms with van der Waals surface area (Å²) in [5.41, 5.74) is -0.923. The summed E-state index contributed by atoms with van der Waals surface area (Å²) >= 11 is 0. The van der Waals surface area contributed by atoms with Crippen molar-refractivity contribution in [2.75, 3.05) is 13.2 Å². The van der Waals surface area contributed by atoms with E-state index in [9.17, 15) is 14.4 Å². The standard InChI is InChI=1S/C13H18O5/c1-5-17-12(16)13(18-6-2)9(7-8(3)4)10(14)11(13)15/h7,9H,5-6H2,1-4H3. The van der Waals surface area contributed by atoms with Crippen LogP contribution >= 0.6 is 0 Å². The highest BCUT2D eigenvalue weighted by Gasteiger charge is 2.68. The van der Waals surface area contributed by atoms with Gasteiger partial charge in [0.2, 0.25) is 17.2 Å². The topological polar surface area (TPSA) is 69.7 Å². The summed E-state index contributed by atoms with van der Waals surface area (Å²) in [5.74, 6) is -3.06. The molecular formula is C13H18O5. The van der Waals surface area contributed by atoms with E-state index >= 15 is 0 Å². The summed E-state index contributed by atoms with van der Waals surface area (Å²) in [6.07, 6.45) is 1.58. The molecule has 2 unspecified atom stereocenters. The fraction of sp³-hybridized carbons (Fsp3) is 0.615. The maximum absolute atomic E-state index is 11.9. The predicted molar refractivity (Wildman–Crippen MR) is 63.9 cm³/mol. The van der Waals surface area contributed by atoms with Crippen molar-refractivity contribution in [3.8, 4) is 0 Å². The Labute approximate surface area is 106 Å². The SMILES string of the molecule is CCOC(=O)C1(OCC)C(=O)C(=O)C1C=C(C)C. The highest BCUT2D eigenvalue weighted by atomic mass is 16.6. The first-order chi connectivity index (χ1) is 8.41. The van der Waals surface area contributed by atoms with Gasteiger partial charge in [0.15, 0.2) is 0 Å². The lowest BCUT2D eigenvalue weighted by molar-refractivity contribution is -0.196. The van der Waals surface area contributed by atoms with Crippen molar-refractivity contribution < 1.29 is 23.9 Å². The quantitative estimate of drug-likeness (QED) is 0.317. The second-order valence-electron chi connectivity index (χ2n) is 4.30. The summed E-state index contributed by atoms with van der Waals surface area (Å²) in [7, 11) is 0. The molecule has 0 amide bonds. The number of carbonyl (C=O) groups excluding carboxylic acids is 3. The van der Waals surface area contributed by atoms with Crippen molar-refractivity contribution in [3.05, 3.63) is 11.6 Å². The molecule has 0 heterocycles. The molecule has 0 aromatic heterocycles. The van der Waals surface area contributed by atoms with Crippen LogP contribution in [0.5, 0.6) is 0 Å². The zero-order chi connectivity index (χ0) is 13.9. The molecule has 1 aliphatic rings. The molecule has 0 aromatic rings. The van der Waals surface area contributed by atoms with Gasteiger partial charge < -0.3 is 9.47 Å². The summed E-state index contributed by atoms with van der Waals surface area (Å²) < 4.78 is 10.2. The van der Waals surface area contributed by atoms with Gasteiger partial charge in [-0.05, 0) is 27.7 Å². The van der Waals surface area contributed by atoms with E-state index in [0.717, 1.165) is 5.57 Å². The van der Waals surface area contributed by atoms with Crippen molar-refractivity contribution in [1.29, 1.82) is 0 Å². The highest BCUT2D eigenvalue weighted by molar-refractivity contribution is 6.54. The van der Waals surface area contributed by atoms with Crippen LogP contribution in [-0.2, 0) is 23.9 Å². The van der Waals surface area contributed by atoms with Crippen LogP contribution in [0, 0.1) is 5.92 Å². The summed E-state index contributed by atoms with van der Waals surface area (Å²) in [6.45, 7) is 7.17. The molecule has 1 saturated carbocycles. The van der Waals surface area contributed by atoms with E-state index < -0.39 is 29.1 Å². The third kappa shape index (κ3) is 2.10. The second kappa shape index (κ2) is 5.44. The first-order valence-electron chi connectivity index (χ1n) is 5.96. The van der Waals surface area contributed by atoms with E-state index in [1.165, 1.54) is 0 Å². The molecule has 1 fully saturated rings. The van der Waals surface area contributed by atoms with Gasteiger partial charge in [0.1, 0.15) is 0 Å². The Morgan fingerprint density at radius 2 is 1.89 bits per heavy atom. The Morgan fingerprint density at radius 3 is 2.33 bits per heavy atom. The summed E-state index contributed by atoms with van der Waals surface area (Å²) in [6, 6.07) is 0. The number of rotatable bonds is 5. The molecule has 0 aliphatic heterocycles. The molecule has 18 heavy (non-hydrogen) atoms. The van der Waals surface area contributed by atoms with Crippen molar-refractivity contribution in [3.63, 3.8) is 0 Å². The third-order valence-corrected chi connectivity index (χ3v) is 2.73.